The molecule has 5 aromatic rings. The second-order valence-corrected chi connectivity index (χ2v) is 9.30. The van der Waals surface area contributed by atoms with Crippen LogP contribution in [0.3, 0.4) is 0 Å². The Kier molecular flexibility index (Phi) is 5.36. The van der Waals surface area contributed by atoms with Gasteiger partial charge >= 0.3 is 0 Å². The fourth-order valence-corrected chi connectivity index (χ4v) is 5.08. The van der Waals surface area contributed by atoms with E-state index >= 15 is 0 Å². The van der Waals surface area contributed by atoms with Gasteiger partial charge in [-0.15, -0.1) is 5.10 Å². The number of nitrogens with one attached hydrogen (secondary N) is 1. The molecule has 0 radical (unpaired) electrons. The van der Waals surface area contributed by atoms with Gasteiger partial charge in [-0.25, -0.2) is 8.91 Å². The zero-order valence-electron chi connectivity index (χ0n) is 19.7. The van der Waals surface area contributed by atoms with E-state index in [1.165, 1.54) is 22.2 Å². The third-order valence-corrected chi connectivity index (χ3v) is 6.80. The first-order chi connectivity index (χ1) is 17.5. The second-order valence-electron chi connectivity index (χ2n) is 9.30. The van der Waals surface area contributed by atoms with Gasteiger partial charge in [-0.05, 0) is 72.7 Å². The molecular weight excluding hydrogens is 457 g/mol. The van der Waals surface area contributed by atoms with Crippen LogP contribution in [0.25, 0.3) is 16.7 Å². The average Bonchev–Trinajstić information content (AvgIpc) is 3.33. The molecule has 1 atom stereocenters. The minimum atomic E-state index is -0.420. The van der Waals surface area contributed by atoms with E-state index in [-0.39, 0.29) is 29.9 Å². The smallest absolute Gasteiger partial charge is 0.296 e. The fourth-order valence-electron chi connectivity index (χ4n) is 5.08. The molecule has 1 N–H and O–H groups in total. The van der Waals surface area contributed by atoms with Gasteiger partial charge < -0.3 is 5.32 Å². The van der Waals surface area contributed by atoms with E-state index in [0.29, 0.717) is 16.6 Å². The summed E-state index contributed by atoms with van der Waals surface area (Å²) in [7, 11) is 0. The van der Waals surface area contributed by atoms with Crippen molar-refractivity contribution in [2.24, 2.45) is 0 Å². The molecule has 0 unspecified atom stereocenters. The molecule has 0 saturated carbocycles. The molecule has 180 valence electrons. The van der Waals surface area contributed by atoms with E-state index in [1.54, 1.807) is 16.7 Å². The third-order valence-electron chi connectivity index (χ3n) is 6.80. The summed E-state index contributed by atoms with van der Waals surface area (Å²) in [6, 6.07) is 19.8. The van der Waals surface area contributed by atoms with Crippen molar-refractivity contribution in [2.75, 3.05) is 0 Å². The van der Waals surface area contributed by atoms with Gasteiger partial charge in [0.25, 0.3) is 11.5 Å². The van der Waals surface area contributed by atoms with Crippen molar-refractivity contribution in [2.45, 2.75) is 38.8 Å². The van der Waals surface area contributed by atoms with Gasteiger partial charge in [0.1, 0.15) is 5.82 Å². The molecule has 0 bridgehead atoms. The van der Waals surface area contributed by atoms with Crippen LogP contribution >= 0.6 is 0 Å². The highest BCUT2D eigenvalue weighted by atomic mass is 19.1. The monoisotopic (exact) mass is 481 g/mol. The maximum Gasteiger partial charge on any atom is 0.296 e. The van der Waals surface area contributed by atoms with E-state index in [2.05, 4.69) is 21.5 Å². The number of rotatable bonds is 4. The molecule has 6 rings (SSSR count). The normalized spacial score (nSPS) is 15.2. The van der Waals surface area contributed by atoms with E-state index in [1.807, 2.05) is 43.3 Å². The first-order valence-electron chi connectivity index (χ1n) is 12.0. The number of carbonyl (C=O) groups is 1. The fraction of sp³-hybridized carbons (Fsp3) is 0.214. The molecule has 36 heavy (non-hydrogen) atoms. The summed E-state index contributed by atoms with van der Waals surface area (Å²) in [6.45, 7) is 2.10. The first-order valence-corrected chi connectivity index (χ1v) is 12.0. The molecule has 0 spiro atoms. The minimum absolute atomic E-state index is 0.0527. The number of aromatic nitrogens is 4. The van der Waals surface area contributed by atoms with Crippen molar-refractivity contribution >= 4 is 22.6 Å². The first kappa shape index (κ1) is 22.2. The number of halogens is 1. The van der Waals surface area contributed by atoms with Crippen LogP contribution in [0.15, 0.2) is 71.5 Å². The summed E-state index contributed by atoms with van der Waals surface area (Å²) in [6.07, 6.45) is 2.81. The zero-order valence-corrected chi connectivity index (χ0v) is 19.7. The van der Waals surface area contributed by atoms with Crippen molar-refractivity contribution in [1.82, 2.24) is 24.5 Å². The van der Waals surface area contributed by atoms with Crippen LogP contribution in [0.5, 0.6) is 0 Å². The third kappa shape index (κ3) is 3.84. The number of benzene rings is 3. The Morgan fingerprint density at radius 1 is 1.08 bits per heavy atom. The van der Waals surface area contributed by atoms with Crippen molar-refractivity contribution in [3.63, 3.8) is 0 Å². The van der Waals surface area contributed by atoms with E-state index in [4.69, 9.17) is 0 Å². The largest absolute Gasteiger partial charge is 0.342 e. The summed E-state index contributed by atoms with van der Waals surface area (Å²) in [5.41, 5.74) is 4.89. The Morgan fingerprint density at radius 3 is 2.81 bits per heavy atom. The molecule has 3 aromatic carbocycles. The number of hydrogen-bond acceptors (Lipinski definition) is 4. The van der Waals surface area contributed by atoms with Gasteiger partial charge in [0.2, 0.25) is 11.5 Å². The number of nitrogens with zero attached hydrogens (tertiary/aromatic N) is 4. The quantitative estimate of drug-likeness (QED) is 0.414. The molecule has 2 aromatic heterocycles. The van der Waals surface area contributed by atoms with Crippen molar-refractivity contribution in [3.05, 3.63) is 111 Å². The number of carbonyl (C=O) groups excluding carboxylic acids is 1. The van der Waals surface area contributed by atoms with Crippen LogP contribution < -0.4 is 10.9 Å². The molecule has 1 aliphatic rings. The average molecular weight is 482 g/mol. The van der Waals surface area contributed by atoms with Crippen molar-refractivity contribution in [1.29, 1.82) is 0 Å². The predicted molar refractivity (Wildman–Crippen MR) is 135 cm³/mol. The topological polar surface area (TPSA) is 81.3 Å². The SMILES string of the molecule is Cc1ccc2c(c1)n(Cc1cccc(F)c1)c(=O)c1nc(C(=O)N[C@H]3CCCc4ccccc43)nn12. The van der Waals surface area contributed by atoms with Crippen molar-refractivity contribution in [3.8, 4) is 0 Å². The number of aryl methyl sites for hydroxylation is 2. The predicted octanol–water partition coefficient (Wildman–Crippen LogP) is 4.35. The second kappa shape index (κ2) is 8.71. The lowest BCUT2D eigenvalue weighted by molar-refractivity contribution is 0.0922. The van der Waals surface area contributed by atoms with Crippen LogP contribution in [-0.4, -0.2) is 25.1 Å². The summed E-state index contributed by atoms with van der Waals surface area (Å²) in [5.74, 6) is -0.842. The van der Waals surface area contributed by atoms with Gasteiger partial charge in [-0.2, -0.15) is 4.98 Å². The summed E-state index contributed by atoms with van der Waals surface area (Å²) >= 11 is 0. The van der Waals surface area contributed by atoms with Crippen LogP contribution in [0, 0.1) is 12.7 Å². The lowest BCUT2D eigenvalue weighted by atomic mass is 9.88. The van der Waals surface area contributed by atoms with E-state index < -0.39 is 11.5 Å². The maximum atomic E-state index is 13.8. The van der Waals surface area contributed by atoms with Gasteiger partial charge in [-0.3, -0.25) is 14.2 Å². The Morgan fingerprint density at radius 2 is 1.94 bits per heavy atom. The summed E-state index contributed by atoms with van der Waals surface area (Å²) < 4.78 is 16.8. The number of hydrogen-bond donors (Lipinski definition) is 1. The highest BCUT2D eigenvalue weighted by molar-refractivity contribution is 5.91. The Labute approximate surface area is 206 Å². The molecule has 0 fully saturated rings. The zero-order chi connectivity index (χ0) is 24.8. The molecule has 1 aliphatic carbocycles. The molecule has 2 heterocycles. The lowest BCUT2D eigenvalue weighted by Gasteiger charge is -2.25. The van der Waals surface area contributed by atoms with Crippen molar-refractivity contribution < 1.29 is 9.18 Å². The van der Waals surface area contributed by atoms with E-state index in [0.717, 1.165) is 30.4 Å². The lowest BCUT2D eigenvalue weighted by Crippen LogP contribution is -2.31. The molecular formula is C28H24FN5O2. The summed E-state index contributed by atoms with van der Waals surface area (Å²) in [5, 5.41) is 7.50. The highest BCUT2D eigenvalue weighted by Gasteiger charge is 2.25. The highest BCUT2D eigenvalue weighted by Crippen LogP contribution is 2.29. The molecule has 8 heteroatoms. The summed E-state index contributed by atoms with van der Waals surface area (Å²) in [4.78, 5) is 31.1. The van der Waals surface area contributed by atoms with Gasteiger partial charge in [0.15, 0.2) is 0 Å². The van der Waals surface area contributed by atoms with Crippen LogP contribution in [0.2, 0.25) is 0 Å². The van der Waals surface area contributed by atoms with Gasteiger partial charge in [-0.1, -0.05) is 42.5 Å². The standard InChI is InChI=1S/C28H24FN5O2/c1-17-12-13-23-24(14-17)33(16-18-6-4-9-20(29)15-18)28(36)26-31-25(32-34(23)26)27(35)30-22-11-5-8-19-7-2-3-10-21(19)22/h2-4,6-7,9-10,12-15,22H,5,8,11,16H2,1H3,(H,30,35)/t22-/m0/s1. The Balaban J connectivity index is 1.43. The van der Waals surface area contributed by atoms with Gasteiger partial charge in [0, 0.05) is 0 Å². The number of fused-ring (bicyclic) bond motifs is 4. The minimum Gasteiger partial charge on any atom is -0.342 e. The molecule has 7 nitrogen and oxygen atoms in total. The van der Waals surface area contributed by atoms with Crippen LogP contribution in [-0.2, 0) is 13.0 Å². The molecule has 0 aliphatic heterocycles. The molecule has 0 saturated heterocycles. The maximum absolute atomic E-state index is 13.8. The molecule has 1 amide bonds. The van der Waals surface area contributed by atoms with Gasteiger partial charge in [0.05, 0.1) is 23.6 Å². The van der Waals surface area contributed by atoms with Crippen LogP contribution in [0.4, 0.5) is 4.39 Å². The Bertz CT molecular complexity index is 1700. The number of amides is 1. The van der Waals surface area contributed by atoms with Crippen LogP contribution in [0.1, 0.15) is 51.8 Å². The Hall–Kier alpha value is -4.33. The van der Waals surface area contributed by atoms with E-state index in [9.17, 15) is 14.0 Å².